The summed E-state index contributed by atoms with van der Waals surface area (Å²) in [5.41, 5.74) is 5.69. The van der Waals surface area contributed by atoms with Gasteiger partial charge in [-0.05, 0) is 112 Å². The molecular formula is C33H43N3O2S. The summed E-state index contributed by atoms with van der Waals surface area (Å²) in [5.74, 6) is 1.05. The Kier molecular flexibility index (Phi) is 6.56. The van der Waals surface area contributed by atoms with Crippen LogP contribution in [0.1, 0.15) is 85.5 Å². The van der Waals surface area contributed by atoms with Crippen molar-refractivity contribution < 1.29 is 9.53 Å². The number of hydrogen-bond donors (Lipinski definition) is 2. The Morgan fingerprint density at radius 2 is 1.79 bits per heavy atom. The highest BCUT2D eigenvalue weighted by atomic mass is 32.1. The van der Waals surface area contributed by atoms with E-state index in [1.807, 2.05) is 6.92 Å². The van der Waals surface area contributed by atoms with E-state index in [2.05, 4.69) is 74.0 Å². The highest BCUT2D eigenvalue weighted by Crippen LogP contribution is 2.73. The summed E-state index contributed by atoms with van der Waals surface area (Å²) in [6.07, 6.45) is 10.2. The van der Waals surface area contributed by atoms with Gasteiger partial charge in [-0.15, -0.1) is 0 Å². The van der Waals surface area contributed by atoms with Crippen molar-refractivity contribution in [2.75, 3.05) is 11.9 Å². The molecule has 1 spiro atoms. The minimum Gasteiger partial charge on any atom is -0.466 e. The van der Waals surface area contributed by atoms with Gasteiger partial charge in [-0.25, -0.2) is 0 Å². The number of rotatable bonds is 4. The van der Waals surface area contributed by atoms with E-state index in [1.54, 1.807) is 0 Å². The summed E-state index contributed by atoms with van der Waals surface area (Å²) in [6.45, 7) is 9.52. The molecule has 208 valence electrons. The fourth-order valence-electron chi connectivity index (χ4n) is 9.84. The first-order valence-corrected chi connectivity index (χ1v) is 15.3. The molecule has 0 radical (unpaired) electrons. The number of fused-ring (bicyclic) bond motifs is 4. The number of carbonyl (C=O) groups excluding carboxylic acids is 1. The molecule has 0 unspecified atom stereocenters. The number of hydrazone groups is 1. The molecule has 6 heteroatoms. The van der Waals surface area contributed by atoms with Gasteiger partial charge >= 0.3 is 5.97 Å². The van der Waals surface area contributed by atoms with Crippen molar-refractivity contribution in [1.29, 1.82) is 0 Å². The van der Waals surface area contributed by atoms with Gasteiger partial charge in [0, 0.05) is 22.2 Å². The lowest BCUT2D eigenvalue weighted by Gasteiger charge is -2.64. The van der Waals surface area contributed by atoms with Crippen LogP contribution in [0, 0.1) is 33.5 Å². The molecule has 6 atom stereocenters. The van der Waals surface area contributed by atoms with Gasteiger partial charge in [-0.1, -0.05) is 56.7 Å². The summed E-state index contributed by atoms with van der Waals surface area (Å²) in [7, 11) is 0. The van der Waals surface area contributed by atoms with Crippen LogP contribution in [0.3, 0.4) is 0 Å². The van der Waals surface area contributed by atoms with Crippen molar-refractivity contribution in [2.45, 2.75) is 85.5 Å². The maximum Gasteiger partial charge on any atom is 0.312 e. The third kappa shape index (κ3) is 4.20. The normalized spacial score (nSPS) is 38.1. The van der Waals surface area contributed by atoms with E-state index in [0.29, 0.717) is 23.6 Å². The highest BCUT2D eigenvalue weighted by molar-refractivity contribution is 7.80. The molecule has 0 aliphatic heterocycles. The minimum absolute atomic E-state index is 0.0302. The third-order valence-corrected chi connectivity index (χ3v) is 11.7. The van der Waals surface area contributed by atoms with Crippen molar-refractivity contribution >= 4 is 45.5 Å². The van der Waals surface area contributed by atoms with E-state index < -0.39 is 0 Å². The standard InChI is InChI=1S/C33H43N3O2S/c1-5-38-28(37)32(4)17-9-16-31(3)25(32)15-19-33-20-27(30(2,21-33)18-14-26(31)33)35-36-29(39)34-24-13-8-11-22-10-6-7-12-23(22)24/h6-8,10-13,25-26H,5,9,14-21H2,1-4H3,(H2,34,36,39)/b35-27+/t25-,26-,30-,31+,32+,33-/m0/s1. The zero-order valence-corrected chi connectivity index (χ0v) is 24.8. The summed E-state index contributed by atoms with van der Waals surface area (Å²) >= 11 is 5.70. The predicted octanol–water partition coefficient (Wildman–Crippen LogP) is 7.85. The van der Waals surface area contributed by atoms with Crippen LogP contribution in [0.15, 0.2) is 47.6 Å². The van der Waals surface area contributed by atoms with E-state index in [9.17, 15) is 4.79 Å². The van der Waals surface area contributed by atoms with E-state index >= 15 is 0 Å². The molecule has 0 aromatic heterocycles. The molecule has 6 rings (SSSR count). The molecule has 2 N–H and O–H groups in total. The third-order valence-electron chi connectivity index (χ3n) is 11.5. The van der Waals surface area contributed by atoms with Crippen molar-refractivity contribution in [3.05, 3.63) is 42.5 Å². The number of carbonyl (C=O) groups is 1. The molecule has 5 nitrogen and oxygen atoms in total. The molecule has 2 bridgehead atoms. The van der Waals surface area contributed by atoms with Crippen LogP contribution in [0.4, 0.5) is 5.69 Å². The molecule has 4 fully saturated rings. The zero-order valence-electron chi connectivity index (χ0n) is 23.9. The lowest BCUT2D eigenvalue weighted by atomic mass is 9.40. The van der Waals surface area contributed by atoms with Gasteiger partial charge in [0.25, 0.3) is 0 Å². The molecule has 2 aromatic rings. The van der Waals surface area contributed by atoms with E-state index in [1.165, 1.54) is 36.8 Å². The van der Waals surface area contributed by atoms with Gasteiger partial charge in [-0.3, -0.25) is 10.2 Å². The van der Waals surface area contributed by atoms with Gasteiger partial charge in [0.05, 0.1) is 12.0 Å². The lowest BCUT2D eigenvalue weighted by Crippen LogP contribution is -2.58. The Morgan fingerprint density at radius 1 is 1.03 bits per heavy atom. The highest BCUT2D eigenvalue weighted by Gasteiger charge is 2.67. The molecule has 4 aliphatic carbocycles. The predicted molar refractivity (Wildman–Crippen MR) is 163 cm³/mol. The molecule has 4 aliphatic rings. The molecule has 0 heterocycles. The second kappa shape index (κ2) is 9.57. The first-order chi connectivity index (χ1) is 18.6. The van der Waals surface area contributed by atoms with Crippen LogP contribution in [-0.2, 0) is 9.53 Å². The monoisotopic (exact) mass is 545 g/mol. The van der Waals surface area contributed by atoms with Crippen LogP contribution in [0.2, 0.25) is 0 Å². The number of esters is 1. The smallest absolute Gasteiger partial charge is 0.312 e. The second-order valence-corrected chi connectivity index (χ2v) is 14.0. The summed E-state index contributed by atoms with van der Waals surface area (Å²) in [4.78, 5) is 13.2. The fourth-order valence-corrected chi connectivity index (χ4v) is 10.0. The number of thiocarbonyl (C=S) groups is 1. The van der Waals surface area contributed by atoms with Crippen molar-refractivity contribution in [1.82, 2.24) is 5.43 Å². The van der Waals surface area contributed by atoms with Crippen LogP contribution in [-0.4, -0.2) is 23.4 Å². The Morgan fingerprint density at radius 3 is 2.62 bits per heavy atom. The van der Waals surface area contributed by atoms with Gasteiger partial charge in [0.1, 0.15) is 0 Å². The number of nitrogens with one attached hydrogen (secondary N) is 2. The average molecular weight is 546 g/mol. The lowest BCUT2D eigenvalue weighted by molar-refractivity contribution is -0.187. The summed E-state index contributed by atoms with van der Waals surface area (Å²) in [5, 5.41) is 11.2. The molecule has 4 saturated carbocycles. The van der Waals surface area contributed by atoms with Crippen LogP contribution in [0.5, 0.6) is 0 Å². The van der Waals surface area contributed by atoms with Gasteiger partial charge in [0.15, 0.2) is 5.11 Å². The van der Waals surface area contributed by atoms with E-state index in [4.69, 9.17) is 22.1 Å². The number of hydrogen-bond acceptors (Lipinski definition) is 4. The average Bonchev–Trinajstić information content (AvgIpc) is 3.11. The van der Waals surface area contributed by atoms with Crippen molar-refractivity contribution in [3.8, 4) is 0 Å². The summed E-state index contributed by atoms with van der Waals surface area (Å²) in [6, 6.07) is 14.6. The van der Waals surface area contributed by atoms with Crippen LogP contribution < -0.4 is 10.7 Å². The Bertz CT molecular complexity index is 1340. The van der Waals surface area contributed by atoms with E-state index in [-0.39, 0.29) is 27.6 Å². The zero-order chi connectivity index (χ0) is 27.5. The van der Waals surface area contributed by atoms with Crippen molar-refractivity contribution in [3.63, 3.8) is 0 Å². The molecule has 0 amide bonds. The second-order valence-electron chi connectivity index (χ2n) is 13.6. The maximum absolute atomic E-state index is 13.2. The van der Waals surface area contributed by atoms with Gasteiger partial charge in [-0.2, -0.15) is 5.10 Å². The topological polar surface area (TPSA) is 62.7 Å². The first-order valence-electron chi connectivity index (χ1n) is 14.9. The van der Waals surface area contributed by atoms with E-state index in [0.717, 1.165) is 43.2 Å². The summed E-state index contributed by atoms with van der Waals surface area (Å²) < 4.78 is 5.64. The largest absolute Gasteiger partial charge is 0.466 e. The molecule has 39 heavy (non-hydrogen) atoms. The Hall–Kier alpha value is -2.47. The molecule has 0 saturated heterocycles. The Labute approximate surface area is 238 Å². The minimum atomic E-state index is -0.359. The molecule has 2 aromatic carbocycles. The van der Waals surface area contributed by atoms with Gasteiger partial charge < -0.3 is 10.1 Å². The number of anilines is 1. The van der Waals surface area contributed by atoms with Crippen LogP contribution in [0.25, 0.3) is 10.8 Å². The van der Waals surface area contributed by atoms with Crippen molar-refractivity contribution in [2.24, 2.45) is 38.6 Å². The molecular weight excluding hydrogens is 502 g/mol. The fraction of sp³-hybridized carbons (Fsp3) is 0.606. The Balaban J connectivity index is 1.21. The quantitative estimate of drug-likeness (QED) is 0.233. The number of ether oxygens (including phenoxy) is 1. The first kappa shape index (κ1) is 26.7. The number of nitrogens with zero attached hydrogens (tertiary/aromatic N) is 1. The maximum atomic E-state index is 13.2. The SMILES string of the molecule is CCOC(=O)[C@]1(C)CCC[C@@]2(C)[C@@H]3CC[C@@]4(C)C[C@]3(CC[C@@H]21)C/C4=N\NC(=S)Nc1cccc2ccccc12. The van der Waals surface area contributed by atoms with Crippen LogP contribution >= 0.6 is 12.2 Å². The number of benzene rings is 2. The van der Waals surface area contributed by atoms with Gasteiger partial charge in [0.2, 0.25) is 0 Å².